The van der Waals surface area contributed by atoms with E-state index in [1.807, 2.05) is 36.4 Å². The van der Waals surface area contributed by atoms with Crippen LogP contribution in [0.1, 0.15) is 24.0 Å². The van der Waals surface area contributed by atoms with Gasteiger partial charge in [-0.15, -0.1) is 0 Å². The fraction of sp³-hybridized carbons (Fsp3) is 0.417. The van der Waals surface area contributed by atoms with Gasteiger partial charge < -0.3 is 30.4 Å². The number of nitrogens with zero attached hydrogens (tertiary/aromatic N) is 1. The van der Waals surface area contributed by atoms with Crippen molar-refractivity contribution in [3.8, 4) is 0 Å². The third kappa shape index (κ3) is 4.99. The molecule has 172 valence electrons. The van der Waals surface area contributed by atoms with Crippen molar-refractivity contribution in [3.63, 3.8) is 0 Å². The number of aliphatic hydroxyl groups excluding tert-OH is 2. The molecule has 5 rings (SSSR count). The number of benzene rings is 2. The Balaban J connectivity index is 0.000000247. The molecule has 3 heterocycles. The zero-order valence-electron chi connectivity index (χ0n) is 17.6. The van der Waals surface area contributed by atoms with Crippen molar-refractivity contribution >= 4 is 11.9 Å². The van der Waals surface area contributed by atoms with Crippen LogP contribution in [0.25, 0.3) is 0 Å². The van der Waals surface area contributed by atoms with Gasteiger partial charge in [-0.05, 0) is 43.0 Å². The summed E-state index contributed by atoms with van der Waals surface area (Å²) in [7, 11) is 0. The molecule has 2 aromatic carbocycles. The first kappa shape index (κ1) is 23.9. The van der Waals surface area contributed by atoms with E-state index in [1.54, 1.807) is 0 Å². The molecule has 0 radical (unpaired) electrons. The third-order valence-electron chi connectivity index (χ3n) is 6.43. The number of aliphatic hydroxyl groups is 3. The number of hydrogen-bond donors (Lipinski definition) is 5. The zero-order chi connectivity index (χ0) is 23.3. The summed E-state index contributed by atoms with van der Waals surface area (Å²) in [4.78, 5) is 22.1. The Morgan fingerprint density at radius 2 is 1.22 bits per heavy atom. The second-order valence-electron chi connectivity index (χ2n) is 8.31. The summed E-state index contributed by atoms with van der Waals surface area (Å²) in [6.45, 7) is 3.40. The molecule has 5 N–H and O–H groups in total. The predicted molar refractivity (Wildman–Crippen MR) is 116 cm³/mol. The fourth-order valence-electron chi connectivity index (χ4n) is 4.69. The lowest BCUT2D eigenvalue weighted by Gasteiger charge is -2.51. The van der Waals surface area contributed by atoms with Gasteiger partial charge in [-0.2, -0.15) is 0 Å². The number of piperidine rings is 3. The number of fused-ring (bicyclic) bond motifs is 3. The highest BCUT2D eigenvalue weighted by atomic mass is 16.4. The summed E-state index contributed by atoms with van der Waals surface area (Å²) in [5.74, 6) is -2.64. The fourth-order valence-corrected chi connectivity index (χ4v) is 4.69. The van der Waals surface area contributed by atoms with Gasteiger partial charge in [0.2, 0.25) is 0 Å². The van der Waals surface area contributed by atoms with Gasteiger partial charge in [-0.25, -0.2) is 9.59 Å². The van der Waals surface area contributed by atoms with E-state index < -0.39 is 29.7 Å². The molecular formula is C24H29NO7. The molecule has 3 saturated heterocycles. The van der Waals surface area contributed by atoms with Crippen molar-refractivity contribution < 1.29 is 35.1 Å². The molecule has 0 aliphatic carbocycles. The standard InChI is InChI=1S/C20H23NO.C4H6O6/c22-20(17-7-3-1-4-8-17,18-9-5-2-6-10-18)19-15-21-13-11-16(19)12-14-21;5-1(3(7)8)2(6)4(9)10/h1-10,16,19,22H,11-15H2;1-2,5-6H,(H,7,8)(H,9,10). The first-order chi connectivity index (χ1) is 15.2. The van der Waals surface area contributed by atoms with Gasteiger partial charge in [0.05, 0.1) is 0 Å². The van der Waals surface area contributed by atoms with Crippen molar-refractivity contribution in [2.45, 2.75) is 30.7 Å². The lowest BCUT2D eigenvalue weighted by molar-refractivity contribution is -0.165. The highest BCUT2D eigenvalue weighted by molar-refractivity contribution is 5.83. The zero-order valence-corrected chi connectivity index (χ0v) is 17.6. The molecule has 0 amide bonds. The largest absolute Gasteiger partial charge is 0.479 e. The molecule has 3 unspecified atom stereocenters. The van der Waals surface area contributed by atoms with Crippen LogP contribution in [0.15, 0.2) is 60.7 Å². The van der Waals surface area contributed by atoms with Gasteiger partial charge in [0.15, 0.2) is 12.2 Å². The Kier molecular flexibility index (Phi) is 7.63. The van der Waals surface area contributed by atoms with E-state index in [-0.39, 0.29) is 5.92 Å². The van der Waals surface area contributed by atoms with Crippen LogP contribution in [-0.4, -0.2) is 74.2 Å². The third-order valence-corrected chi connectivity index (χ3v) is 6.43. The van der Waals surface area contributed by atoms with Crippen LogP contribution in [0, 0.1) is 11.8 Å². The Morgan fingerprint density at radius 1 is 0.812 bits per heavy atom. The van der Waals surface area contributed by atoms with Crippen molar-refractivity contribution in [2.75, 3.05) is 19.6 Å². The minimum atomic E-state index is -2.27. The van der Waals surface area contributed by atoms with Crippen LogP contribution >= 0.6 is 0 Å². The number of hydrogen-bond acceptors (Lipinski definition) is 6. The van der Waals surface area contributed by atoms with Crippen molar-refractivity contribution in [1.29, 1.82) is 0 Å². The van der Waals surface area contributed by atoms with Gasteiger partial charge in [0.1, 0.15) is 5.60 Å². The molecule has 2 bridgehead atoms. The van der Waals surface area contributed by atoms with Gasteiger partial charge >= 0.3 is 11.9 Å². The number of rotatable bonds is 6. The van der Waals surface area contributed by atoms with Crippen molar-refractivity contribution in [2.24, 2.45) is 11.8 Å². The number of carbonyl (C=O) groups is 2. The van der Waals surface area contributed by atoms with Crippen LogP contribution < -0.4 is 0 Å². The van der Waals surface area contributed by atoms with Crippen molar-refractivity contribution in [1.82, 2.24) is 4.90 Å². The SMILES string of the molecule is O=C(O)C(O)C(O)C(=O)O.OC(c1ccccc1)(c1ccccc1)C1CN2CCC1CC2. The number of aliphatic carboxylic acids is 2. The summed E-state index contributed by atoms with van der Waals surface area (Å²) in [5.41, 5.74) is 1.17. The molecule has 3 aliphatic rings. The predicted octanol–water partition coefficient (Wildman–Crippen LogP) is 1.14. The molecule has 0 saturated carbocycles. The quantitative estimate of drug-likeness (QED) is 0.448. The van der Waals surface area contributed by atoms with E-state index >= 15 is 0 Å². The summed E-state index contributed by atoms with van der Waals surface area (Å²) in [5, 5.41) is 44.4. The van der Waals surface area contributed by atoms with Crippen LogP contribution in [0.2, 0.25) is 0 Å². The molecule has 2 aromatic rings. The van der Waals surface area contributed by atoms with Gasteiger partial charge in [0, 0.05) is 12.5 Å². The first-order valence-electron chi connectivity index (χ1n) is 10.6. The molecule has 3 fully saturated rings. The molecule has 8 heteroatoms. The van der Waals surface area contributed by atoms with Crippen molar-refractivity contribution in [3.05, 3.63) is 71.8 Å². The van der Waals surface area contributed by atoms with E-state index in [0.29, 0.717) is 5.92 Å². The molecular weight excluding hydrogens is 414 g/mol. The minimum absolute atomic E-state index is 0.278. The number of carboxylic acids is 2. The molecule has 3 aliphatic heterocycles. The second-order valence-corrected chi connectivity index (χ2v) is 8.31. The Bertz CT molecular complexity index is 840. The van der Waals surface area contributed by atoms with Gasteiger partial charge in [-0.1, -0.05) is 60.7 Å². The molecule has 0 aromatic heterocycles. The molecule has 32 heavy (non-hydrogen) atoms. The van der Waals surface area contributed by atoms with Gasteiger partial charge in [-0.3, -0.25) is 0 Å². The molecule has 8 nitrogen and oxygen atoms in total. The lowest BCUT2D eigenvalue weighted by atomic mass is 9.65. The highest BCUT2D eigenvalue weighted by Crippen LogP contribution is 2.46. The maximum absolute atomic E-state index is 11.9. The summed E-state index contributed by atoms with van der Waals surface area (Å²) < 4.78 is 0. The minimum Gasteiger partial charge on any atom is -0.479 e. The molecule has 0 spiro atoms. The summed E-state index contributed by atoms with van der Waals surface area (Å²) >= 11 is 0. The van der Waals surface area contributed by atoms with Crippen LogP contribution in [0.3, 0.4) is 0 Å². The van der Waals surface area contributed by atoms with Gasteiger partial charge in [0.25, 0.3) is 0 Å². The lowest BCUT2D eigenvalue weighted by Crippen LogP contribution is -2.55. The Hall–Kier alpha value is -2.78. The van der Waals surface area contributed by atoms with E-state index in [1.165, 1.54) is 25.9 Å². The Morgan fingerprint density at radius 3 is 1.53 bits per heavy atom. The van der Waals surface area contributed by atoms with Crippen LogP contribution in [0.5, 0.6) is 0 Å². The van der Waals surface area contributed by atoms with Crippen LogP contribution in [0.4, 0.5) is 0 Å². The smallest absolute Gasteiger partial charge is 0.335 e. The van der Waals surface area contributed by atoms with E-state index in [2.05, 4.69) is 29.2 Å². The highest BCUT2D eigenvalue weighted by Gasteiger charge is 2.48. The molecule has 3 atom stereocenters. The maximum atomic E-state index is 11.9. The monoisotopic (exact) mass is 443 g/mol. The average molecular weight is 443 g/mol. The Labute approximate surface area is 186 Å². The number of carboxylic acid groups (broad SMARTS) is 2. The summed E-state index contributed by atoms with van der Waals surface area (Å²) in [6.07, 6.45) is -2.10. The first-order valence-corrected chi connectivity index (χ1v) is 10.6. The maximum Gasteiger partial charge on any atom is 0.335 e. The summed E-state index contributed by atoms with van der Waals surface area (Å²) in [6, 6.07) is 20.5. The topological polar surface area (TPSA) is 139 Å². The van der Waals surface area contributed by atoms with Crippen LogP contribution in [-0.2, 0) is 15.2 Å². The van der Waals surface area contributed by atoms with E-state index in [0.717, 1.165) is 17.7 Å². The van der Waals surface area contributed by atoms with E-state index in [4.69, 9.17) is 20.4 Å². The second kappa shape index (κ2) is 10.2. The normalized spacial score (nSPS) is 24.0. The van der Waals surface area contributed by atoms with E-state index in [9.17, 15) is 14.7 Å². The average Bonchev–Trinajstić information content (AvgIpc) is 2.84.